The first-order valence-corrected chi connectivity index (χ1v) is 4.04. The molecule has 1 aliphatic heterocycles. The van der Waals surface area contributed by atoms with Crippen LogP contribution in [-0.4, -0.2) is 24.0 Å². The number of rotatable bonds is 1. The SMILES string of the molecule is Oc1ccccc1C1=NCC[NH2+]1.[Cl-]. The lowest BCUT2D eigenvalue weighted by atomic mass is 10.2. The van der Waals surface area contributed by atoms with Crippen LogP contribution in [-0.2, 0) is 0 Å². The molecule has 1 aliphatic rings. The predicted molar refractivity (Wildman–Crippen MR) is 46.3 cm³/mol. The molecule has 0 atom stereocenters. The molecule has 0 aliphatic carbocycles. The normalized spacial score (nSPS) is 14.9. The van der Waals surface area contributed by atoms with Gasteiger partial charge in [-0.25, -0.2) is 4.99 Å². The second-order valence-electron chi connectivity index (χ2n) is 2.78. The van der Waals surface area contributed by atoms with Crippen LogP contribution in [0.5, 0.6) is 5.75 Å². The van der Waals surface area contributed by atoms with Crippen molar-refractivity contribution < 1.29 is 22.8 Å². The van der Waals surface area contributed by atoms with Gasteiger partial charge in [0.25, 0.3) is 0 Å². The molecule has 0 radical (unpaired) electrons. The van der Waals surface area contributed by atoms with Crippen molar-refractivity contribution in [3.8, 4) is 5.75 Å². The summed E-state index contributed by atoms with van der Waals surface area (Å²) in [6.45, 7) is 1.84. The molecule has 3 N–H and O–H groups in total. The number of phenols is 1. The second kappa shape index (κ2) is 4.25. The molecule has 13 heavy (non-hydrogen) atoms. The number of para-hydroxylation sites is 1. The van der Waals surface area contributed by atoms with Crippen LogP contribution in [0.4, 0.5) is 0 Å². The van der Waals surface area contributed by atoms with E-state index in [1.807, 2.05) is 18.2 Å². The molecule has 70 valence electrons. The lowest BCUT2D eigenvalue weighted by Crippen LogP contribution is -3.00. The van der Waals surface area contributed by atoms with E-state index in [0.29, 0.717) is 5.75 Å². The highest BCUT2D eigenvalue weighted by Crippen LogP contribution is 2.14. The smallest absolute Gasteiger partial charge is 0.231 e. The first-order valence-electron chi connectivity index (χ1n) is 4.04. The number of benzene rings is 1. The summed E-state index contributed by atoms with van der Waals surface area (Å²) in [6.07, 6.45) is 0. The quantitative estimate of drug-likeness (QED) is 0.489. The van der Waals surface area contributed by atoms with Crippen LogP contribution in [0.15, 0.2) is 29.3 Å². The van der Waals surface area contributed by atoms with E-state index >= 15 is 0 Å². The number of quaternary nitrogens is 1. The summed E-state index contributed by atoms with van der Waals surface area (Å²) in [5.74, 6) is 1.24. The molecule has 0 unspecified atom stereocenters. The minimum Gasteiger partial charge on any atom is -1.00 e. The molecule has 0 bridgehead atoms. The van der Waals surface area contributed by atoms with Gasteiger partial charge in [0.05, 0.1) is 12.1 Å². The fourth-order valence-corrected chi connectivity index (χ4v) is 1.34. The minimum absolute atomic E-state index is 0. The third-order valence-electron chi connectivity index (χ3n) is 1.93. The number of aliphatic imine (C=N–C) groups is 1. The van der Waals surface area contributed by atoms with Gasteiger partial charge in [-0.2, -0.15) is 0 Å². The van der Waals surface area contributed by atoms with Gasteiger partial charge < -0.3 is 17.5 Å². The average molecular weight is 199 g/mol. The van der Waals surface area contributed by atoms with Gasteiger partial charge in [0.2, 0.25) is 5.84 Å². The first-order chi connectivity index (χ1) is 5.88. The third kappa shape index (κ3) is 1.99. The van der Waals surface area contributed by atoms with Crippen molar-refractivity contribution in [3.05, 3.63) is 29.8 Å². The summed E-state index contributed by atoms with van der Waals surface area (Å²) in [4.78, 5) is 4.27. The van der Waals surface area contributed by atoms with E-state index in [1.54, 1.807) is 6.07 Å². The molecule has 1 aromatic carbocycles. The number of aromatic hydroxyl groups is 1. The van der Waals surface area contributed by atoms with Gasteiger partial charge in [-0.15, -0.1) is 0 Å². The number of hydrogen-bond donors (Lipinski definition) is 2. The number of phenolic OH excluding ortho intramolecular Hbond substituents is 1. The van der Waals surface area contributed by atoms with Crippen molar-refractivity contribution in [3.63, 3.8) is 0 Å². The molecule has 4 heteroatoms. The minimum atomic E-state index is 0. The Balaban J connectivity index is 0.000000845. The van der Waals surface area contributed by atoms with Gasteiger partial charge in [0.1, 0.15) is 12.3 Å². The van der Waals surface area contributed by atoms with E-state index < -0.39 is 0 Å². The Morgan fingerprint density at radius 3 is 2.69 bits per heavy atom. The number of amidine groups is 1. The van der Waals surface area contributed by atoms with Crippen LogP contribution in [0, 0.1) is 0 Å². The Kier molecular flexibility index (Phi) is 3.28. The van der Waals surface area contributed by atoms with Crippen molar-refractivity contribution in [1.82, 2.24) is 0 Å². The average Bonchev–Trinajstić information content (AvgIpc) is 2.57. The molecule has 0 aromatic heterocycles. The van der Waals surface area contributed by atoms with E-state index in [4.69, 9.17) is 0 Å². The zero-order valence-corrected chi connectivity index (χ0v) is 7.83. The molecule has 0 spiro atoms. The highest BCUT2D eigenvalue weighted by Gasteiger charge is 2.15. The summed E-state index contributed by atoms with van der Waals surface area (Å²) < 4.78 is 0. The fourth-order valence-electron chi connectivity index (χ4n) is 1.34. The van der Waals surface area contributed by atoms with Crippen LogP contribution in [0.25, 0.3) is 0 Å². The van der Waals surface area contributed by atoms with Crippen LogP contribution >= 0.6 is 0 Å². The molecule has 1 aromatic rings. The monoisotopic (exact) mass is 198 g/mol. The highest BCUT2D eigenvalue weighted by atomic mass is 35.5. The maximum Gasteiger partial charge on any atom is 0.231 e. The summed E-state index contributed by atoms with van der Waals surface area (Å²) in [5, 5.41) is 11.5. The maximum atomic E-state index is 9.47. The van der Waals surface area contributed by atoms with Gasteiger partial charge in [-0.1, -0.05) is 12.1 Å². The fraction of sp³-hybridized carbons (Fsp3) is 0.222. The standard InChI is InChI=1S/C9H10N2O.ClH/c12-8-4-2-1-3-7(8)9-10-5-6-11-9;/h1-4,12H,5-6H2,(H,10,11);1H. The summed E-state index contributed by atoms with van der Waals surface area (Å²) in [7, 11) is 0. The van der Waals surface area contributed by atoms with Crippen molar-refractivity contribution in [2.45, 2.75) is 0 Å². The lowest BCUT2D eigenvalue weighted by molar-refractivity contribution is -0.526. The topological polar surface area (TPSA) is 49.2 Å². The van der Waals surface area contributed by atoms with Gasteiger partial charge in [-0.05, 0) is 12.1 Å². The Morgan fingerprint density at radius 2 is 2.08 bits per heavy atom. The largest absolute Gasteiger partial charge is 1.00 e. The molecule has 0 amide bonds. The van der Waals surface area contributed by atoms with E-state index in [9.17, 15) is 5.11 Å². The molecular weight excluding hydrogens is 188 g/mol. The molecule has 1 heterocycles. The summed E-state index contributed by atoms with van der Waals surface area (Å²) >= 11 is 0. The Morgan fingerprint density at radius 1 is 1.31 bits per heavy atom. The summed E-state index contributed by atoms with van der Waals surface area (Å²) in [6, 6.07) is 7.29. The number of nitrogens with two attached hydrogens (primary N) is 1. The van der Waals surface area contributed by atoms with Crippen molar-refractivity contribution in [1.29, 1.82) is 0 Å². The highest BCUT2D eigenvalue weighted by molar-refractivity contribution is 5.94. The molecule has 0 saturated carbocycles. The van der Waals surface area contributed by atoms with Crippen LogP contribution in [0.3, 0.4) is 0 Å². The maximum absolute atomic E-state index is 9.47. The predicted octanol–water partition coefficient (Wildman–Crippen LogP) is -3.28. The Bertz CT molecular complexity index is 325. The zero-order chi connectivity index (χ0) is 8.39. The number of nitrogens with zero attached hydrogens (tertiary/aromatic N) is 1. The van der Waals surface area contributed by atoms with Gasteiger partial charge >= 0.3 is 0 Å². The van der Waals surface area contributed by atoms with E-state index in [0.717, 1.165) is 24.5 Å². The Labute approximate surface area is 82.9 Å². The van der Waals surface area contributed by atoms with Crippen molar-refractivity contribution in [2.75, 3.05) is 13.1 Å². The van der Waals surface area contributed by atoms with E-state index in [1.165, 1.54) is 0 Å². The second-order valence-corrected chi connectivity index (χ2v) is 2.78. The number of halogens is 1. The van der Waals surface area contributed by atoms with Crippen molar-refractivity contribution in [2.24, 2.45) is 4.99 Å². The van der Waals surface area contributed by atoms with Crippen LogP contribution < -0.4 is 17.7 Å². The van der Waals surface area contributed by atoms with E-state index in [-0.39, 0.29) is 12.4 Å². The molecule has 3 nitrogen and oxygen atoms in total. The Hall–Kier alpha value is -1.06. The molecular formula is C9H11ClN2O. The van der Waals surface area contributed by atoms with Gasteiger partial charge in [-0.3, -0.25) is 5.32 Å². The third-order valence-corrected chi connectivity index (χ3v) is 1.93. The zero-order valence-electron chi connectivity index (χ0n) is 7.07. The lowest BCUT2D eigenvalue weighted by Gasteiger charge is -1.99. The number of hydrogen-bond acceptors (Lipinski definition) is 2. The first kappa shape index (κ1) is 10.0. The van der Waals surface area contributed by atoms with Gasteiger partial charge in [0, 0.05) is 0 Å². The molecule has 0 saturated heterocycles. The molecule has 0 fully saturated rings. The van der Waals surface area contributed by atoms with E-state index in [2.05, 4.69) is 10.3 Å². The van der Waals surface area contributed by atoms with Crippen molar-refractivity contribution >= 4 is 5.84 Å². The van der Waals surface area contributed by atoms with Gasteiger partial charge in [0.15, 0.2) is 0 Å². The summed E-state index contributed by atoms with van der Waals surface area (Å²) in [5.41, 5.74) is 0.843. The van der Waals surface area contributed by atoms with Crippen LogP contribution in [0.1, 0.15) is 5.56 Å². The van der Waals surface area contributed by atoms with Crippen LogP contribution in [0.2, 0.25) is 0 Å². The molecule has 2 rings (SSSR count).